The standard InChI is InChI=1S/C17H11ClN2O4/c18-11-3-5-12(6-4-11)20-16(23)14(15(22)19-17(20)24)9-10-1-7-13(21)8-2-10/h1-9,21H,(H,19,22,24). The van der Waals surface area contributed by atoms with Crippen LogP contribution in [0.25, 0.3) is 6.08 Å². The van der Waals surface area contributed by atoms with E-state index in [9.17, 15) is 19.5 Å². The van der Waals surface area contributed by atoms with Crippen LogP contribution in [0.4, 0.5) is 10.5 Å². The Kier molecular flexibility index (Phi) is 4.05. The van der Waals surface area contributed by atoms with Crippen LogP contribution >= 0.6 is 11.6 Å². The summed E-state index contributed by atoms with van der Waals surface area (Å²) in [4.78, 5) is 37.5. The fourth-order valence-electron chi connectivity index (χ4n) is 2.22. The monoisotopic (exact) mass is 342 g/mol. The summed E-state index contributed by atoms with van der Waals surface area (Å²) in [6, 6.07) is 11.2. The number of aromatic hydroxyl groups is 1. The second-order valence-corrected chi connectivity index (χ2v) is 5.46. The van der Waals surface area contributed by atoms with Gasteiger partial charge < -0.3 is 5.11 Å². The first-order valence-corrected chi connectivity index (χ1v) is 7.29. The number of carbonyl (C=O) groups excluding carboxylic acids is 3. The van der Waals surface area contributed by atoms with Crippen LogP contribution in [-0.4, -0.2) is 23.0 Å². The van der Waals surface area contributed by atoms with Crippen LogP contribution in [0.15, 0.2) is 54.1 Å². The average molecular weight is 343 g/mol. The fraction of sp³-hybridized carbons (Fsp3) is 0. The highest BCUT2D eigenvalue weighted by Gasteiger charge is 2.36. The van der Waals surface area contributed by atoms with E-state index in [2.05, 4.69) is 5.32 Å². The molecule has 1 heterocycles. The first-order valence-electron chi connectivity index (χ1n) is 6.92. The highest BCUT2D eigenvalue weighted by atomic mass is 35.5. The van der Waals surface area contributed by atoms with E-state index in [-0.39, 0.29) is 11.3 Å². The van der Waals surface area contributed by atoms with Crippen molar-refractivity contribution in [2.24, 2.45) is 0 Å². The zero-order valence-electron chi connectivity index (χ0n) is 12.2. The zero-order chi connectivity index (χ0) is 17.3. The van der Waals surface area contributed by atoms with Gasteiger partial charge in [-0.2, -0.15) is 0 Å². The van der Waals surface area contributed by atoms with Crippen LogP contribution in [0, 0.1) is 0 Å². The predicted octanol–water partition coefficient (Wildman–Crippen LogP) is 2.71. The largest absolute Gasteiger partial charge is 0.508 e. The van der Waals surface area contributed by atoms with E-state index >= 15 is 0 Å². The number of rotatable bonds is 2. The molecule has 0 bridgehead atoms. The Balaban J connectivity index is 1.99. The number of phenolic OH excluding ortho intramolecular Hbond substituents is 1. The molecule has 0 saturated carbocycles. The van der Waals surface area contributed by atoms with Crippen molar-refractivity contribution in [2.45, 2.75) is 0 Å². The maximum absolute atomic E-state index is 12.6. The van der Waals surface area contributed by atoms with E-state index in [1.165, 1.54) is 42.5 Å². The quantitative estimate of drug-likeness (QED) is 0.649. The number of carbonyl (C=O) groups is 3. The maximum atomic E-state index is 12.6. The summed E-state index contributed by atoms with van der Waals surface area (Å²) in [5, 5.41) is 11.9. The smallest absolute Gasteiger partial charge is 0.335 e. The van der Waals surface area contributed by atoms with Gasteiger partial charge in [-0.05, 0) is 48.0 Å². The van der Waals surface area contributed by atoms with Gasteiger partial charge in [-0.3, -0.25) is 14.9 Å². The van der Waals surface area contributed by atoms with Gasteiger partial charge >= 0.3 is 6.03 Å². The molecule has 1 saturated heterocycles. The molecule has 120 valence electrons. The van der Waals surface area contributed by atoms with E-state index in [0.717, 1.165) is 4.90 Å². The second kappa shape index (κ2) is 6.17. The zero-order valence-corrected chi connectivity index (χ0v) is 12.9. The molecule has 1 fully saturated rings. The third kappa shape index (κ3) is 3.00. The summed E-state index contributed by atoms with van der Waals surface area (Å²) < 4.78 is 0. The molecule has 0 aromatic heterocycles. The third-order valence-electron chi connectivity index (χ3n) is 3.39. The Hall–Kier alpha value is -3.12. The highest BCUT2D eigenvalue weighted by molar-refractivity contribution is 6.39. The Bertz CT molecular complexity index is 857. The summed E-state index contributed by atoms with van der Waals surface area (Å²) in [6.45, 7) is 0. The normalized spacial score (nSPS) is 16.5. The Labute approximate surface area is 142 Å². The Morgan fingerprint density at radius 3 is 2.21 bits per heavy atom. The van der Waals surface area contributed by atoms with Crippen molar-refractivity contribution < 1.29 is 19.5 Å². The van der Waals surface area contributed by atoms with E-state index < -0.39 is 17.8 Å². The summed E-state index contributed by atoms with van der Waals surface area (Å²) in [7, 11) is 0. The number of hydrogen-bond acceptors (Lipinski definition) is 4. The molecular formula is C17H11ClN2O4. The van der Waals surface area contributed by atoms with Crippen molar-refractivity contribution in [1.29, 1.82) is 0 Å². The Morgan fingerprint density at radius 2 is 1.58 bits per heavy atom. The van der Waals surface area contributed by atoms with Crippen molar-refractivity contribution in [1.82, 2.24) is 5.32 Å². The molecule has 0 aliphatic carbocycles. The molecule has 0 atom stereocenters. The lowest BCUT2D eigenvalue weighted by Crippen LogP contribution is -2.54. The molecular weight excluding hydrogens is 332 g/mol. The second-order valence-electron chi connectivity index (χ2n) is 5.03. The molecule has 0 spiro atoms. The molecule has 1 aliphatic heterocycles. The van der Waals surface area contributed by atoms with Crippen LogP contribution in [0.1, 0.15) is 5.56 Å². The van der Waals surface area contributed by atoms with Gasteiger partial charge in [-0.1, -0.05) is 23.7 Å². The molecule has 6 nitrogen and oxygen atoms in total. The van der Waals surface area contributed by atoms with Gasteiger partial charge in [0.05, 0.1) is 5.69 Å². The van der Waals surface area contributed by atoms with Gasteiger partial charge in [0.2, 0.25) is 0 Å². The fourth-order valence-corrected chi connectivity index (χ4v) is 2.35. The number of barbiturate groups is 1. The number of nitrogens with zero attached hydrogens (tertiary/aromatic N) is 1. The van der Waals surface area contributed by atoms with Crippen molar-refractivity contribution in [2.75, 3.05) is 4.90 Å². The topological polar surface area (TPSA) is 86.7 Å². The van der Waals surface area contributed by atoms with Crippen LogP contribution in [0.3, 0.4) is 0 Å². The van der Waals surface area contributed by atoms with Crippen LogP contribution in [-0.2, 0) is 9.59 Å². The highest BCUT2D eigenvalue weighted by Crippen LogP contribution is 2.23. The first kappa shape index (κ1) is 15.8. The summed E-state index contributed by atoms with van der Waals surface area (Å²) in [5.74, 6) is -1.45. The summed E-state index contributed by atoms with van der Waals surface area (Å²) in [5.41, 5.74) is 0.651. The number of anilines is 1. The number of urea groups is 1. The Morgan fingerprint density at radius 1 is 0.958 bits per heavy atom. The molecule has 4 amide bonds. The first-order chi connectivity index (χ1) is 11.5. The molecule has 24 heavy (non-hydrogen) atoms. The molecule has 0 unspecified atom stereocenters. The van der Waals surface area contributed by atoms with E-state index in [1.807, 2.05) is 0 Å². The number of imide groups is 2. The number of hydrogen-bond donors (Lipinski definition) is 2. The predicted molar refractivity (Wildman–Crippen MR) is 88.6 cm³/mol. The van der Waals surface area contributed by atoms with Crippen LogP contribution < -0.4 is 10.2 Å². The SMILES string of the molecule is O=C1NC(=O)N(c2ccc(Cl)cc2)C(=O)C1=Cc1ccc(O)cc1. The molecule has 0 radical (unpaired) electrons. The van der Waals surface area contributed by atoms with Crippen LogP contribution in [0.5, 0.6) is 5.75 Å². The van der Waals surface area contributed by atoms with Gasteiger partial charge in [0, 0.05) is 5.02 Å². The molecule has 2 aromatic carbocycles. The molecule has 2 aromatic rings. The van der Waals surface area contributed by atoms with E-state index in [4.69, 9.17) is 11.6 Å². The minimum atomic E-state index is -0.824. The summed E-state index contributed by atoms with van der Waals surface area (Å²) >= 11 is 5.81. The van der Waals surface area contributed by atoms with Crippen molar-refractivity contribution in [3.63, 3.8) is 0 Å². The molecule has 1 aliphatic rings. The van der Waals surface area contributed by atoms with Crippen molar-refractivity contribution in [3.05, 3.63) is 64.7 Å². The lowest BCUT2D eigenvalue weighted by Gasteiger charge is -2.26. The number of nitrogens with one attached hydrogen (secondary N) is 1. The molecule has 2 N–H and O–H groups in total. The van der Waals surface area contributed by atoms with Gasteiger partial charge in [0.15, 0.2) is 0 Å². The number of phenols is 1. The number of benzene rings is 2. The molecule has 3 rings (SSSR count). The minimum Gasteiger partial charge on any atom is -0.508 e. The van der Waals surface area contributed by atoms with Gasteiger partial charge in [-0.25, -0.2) is 9.69 Å². The average Bonchev–Trinajstić information content (AvgIpc) is 2.55. The van der Waals surface area contributed by atoms with Gasteiger partial charge in [0.25, 0.3) is 11.8 Å². The minimum absolute atomic E-state index is 0.0644. The van der Waals surface area contributed by atoms with E-state index in [0.29, 0.717) is 16.3 Å². The number of amides is 4. The lowest BCUT2D eigenvalue weighted by atomic mass is 10.1. The van der Waals surface area contributed by atoms with E-state index in [1.54, 1.807) is 12.1 Å². The number of halogens is 1. The maximum Gasteiger partial charge on any atom is 0.335 e. The summed E-state index contributed by atoms with van der Waals surface area (Å²) in [6.07, 6.45) is 1.35. The van der Waals surface area contributed by atoms with Gasteiger partial charge in [0.1, 0.15) is 11.3 Å². The van der Waals surface area contributed by atoms with Crippen molar-refractivity contribution in [3.8, 4) is 5.75 Å². The lowest BCUT2D eigenvalue weighted by molar-refractivity contribution is -0.122. The third-order valence-corrected chi connectivity index (χ3v) is 3.64. The molecule has 7 heteroatoms. The van der Waals surface area contributed by atoms with Crippen molar-refractivity contribution >= 4 is 41.2 Å². The van der Waals surface area contributed by atoms with Gasteiger partial charge in [-0.15, -0.1) is 0 Å². The van der Waals surface area contributed by atoms with Crippen LogP contribution in [0.2, 0.25) is 5.02 Å².